The number of rotatable bonds is 3. The molecule has 0 aliphatic rings. The monoisotopic (exact) mass is 266 g/mol. The fraction of sp³-hybridized carbons (Fsp3) is 0.417. The average molecular weight is 267 g/mol. The van der Waals surface area contributed by atoms with Crippen LogP contribution in [0.2, 0.25) is 0 Å². The van der Waals surface area contributed by atoms with Gasteiger partial charge >= 0.3 is 0 Å². The van der Waals surface area contributed by atoms with Crippen LogP contribution in [0.1, 0.15) is 32.8 Å². The van der Waals surface area contributed by atoms with E-state index in [-0.39, 0.29) is 5.54 Å². The Labute approximate surface area is 99.4 Å². The highest BCUT2D eigenvalue weighted by Gasteiger charge is 2.15. The summed E-state index contributed by atoms with van der Waals surface area (Å²) in [5.74, 6) is 0. The molecule has 1 aromatic rings. The Morgan fingerprint density at radius 1 is 1.47 bits per heavy atom. The maximum absolute atomic E-state index is 8.74. The van der Waals surface area contributed by atoms with Gasteiger partial charge in [0.25, 0.3) is 0 Å². The summed E-state index contributed by atoms with van der Waals surface area (Å²) in [5, 5.41) is 12.2. The largest absolute Gasteiger partial charge is 0.379 e. The number of nitrogens with one attached hydrogen (secondary N) is 1. The number of hydrogen-bond donors (Lipinski definition) is 1. The average Bonchev–Trinajstić information content (AvgIpc) is 2.21. The zero-order chi connectivity index (χ0) is 11.5. The molecule has 0 fully saturated rings. The van der Waals surface area contributed by atoms with Gasteiger partial charge < -0.3 is 5.32 Å². The van der Waals surface area contributed by atoms with Crippen molar-refractivity contribution < 1.29 is 0 Å². The molecule has 80 valence electrons. The molecule has 0 aromatic heterocycles. The first-order valence-electron chi connectivity index (χ1n) is 4.96. The van der Waals surface area contributed by atoms with E-state index in [0.717, 1.165) is 16.6 Å². The van der Waals surface area contributed by atoms with E-state index in [2.05, 4.69) is 48.1 Å². The van der Waals surface area contributed by atoms with Gasteiger partial charge in [0.1, 0.15) is 0 Å². The van der Waals surface area contributed by atoms with Gasteiger partial charge in [0.05, 0.1) is 11.6 Å². The van der Waals surface area contributed by atoms with E-state index in [0.29, 0.717) is 5.56 Å². The van der Waals surface area contributed by atoms with Crippen LogP contribution in [0.15, 0.2) is 22.7 Å². The second kappa shape index (κ2) is 4.67. The maximum Gasteiger partial charge on any atom is 0.0992 e. The third-order valence-electron chi connectivity index (χ3n) is 2.46. The molecule has 0 bridgehead atoms. The summed E-state index contributed by atoms with van der Waals surface area (Å²) >= 11 is 3.46. The molecule has 0 saturated heterocycles. The van der Waals surface area contributed by atoms with E-state index in [1.165, 1.54) is 0 Å². The van der Waals surface area contributed by atoms with E-state index in [1.807, 2.05) is 18.2 Å². The Balaban J connectivity index is 2.93. The van der Waals surface area contributed by atoms with Crippen molar-refractivity contribution in [2.75, 3.05) is 5.32 Å². The summed E-state index contributed by atoms with van der Waals surface area (Å²) in [5.41, 5.74) is 1.76. The number of nitriles is 1. The van der Waals surface area contributed by atoms with Gasteiger partial charge in [0, 0.05) is 15.7 Å². The molecule has 0 amide bonds. The molecule has 1 N–H and O–H groups in total. The van der Waals surface area contributed by atoms with Gasteiger partial charge in [-0.2, -0.15) is 5.26 Å². The predicted molar refractivity (Wildman–Crippen MR) is 66.8 cm³/mol. The lowest BCUT2D eigenvalue weighted by Gasteiger charge is -2.26. The molecule has 0 aliphatic carbocycles. The quantitative estimate of drug-likeness (QED) is 0.900. The minimum atomic E-state index is 0.0662. The van der Waals surface area contributed by atoms with Gasteiger partial charge in [-0.15, -0.1) is 0 Å². The second-order valence-corrected chi connectivity index (χ2v) is 5.02. The standard InChI is InChI=1S/C12H15BrN2/c1-4-12(2,3)15-11-6-5-9(8-14)7-10(11)13/h5-7,15H,4H2,1-3H3. The summed E-state index contributed by atoms with van der Waals surface area (Å²) < 4.78 is 0.933. The maximum atomic E-state index is 8.74. The van der Waals surface area contributed by atoms with Gasteiger partial charge in [0.15, 0.2) is 0 Å². The first-order valence-corrected chi connectivity index (χ1v) is 5.75. The molecule has 0 atom stereocenters. The summed E-state index contributed by atoms with van der Waals surface area (Å²) in [6.45, 7) is 6.44. The Morgan fingerprint density at radius 3 is 2.60 bits per heavy atom. The van der Waals surface area contributed by atoms with E-state index >= 15 is 0 Å². The third kappa shape index (κ3) is 3.24. The second-order valence-electron chi connectivity index (χ2n) is 4.17. The van der Waals surface area contributed by atoms with Crippen LogP contribution in [-0.2, 0) is 0 Å². The topological polar surface area (TPSA) is 35.8 Å². The van der Waals surface area contributed by atoms with Crippen LogP contribution in [0.4, 0.5) is 5.69 Å². The van der Waals surface area contributed by atoms with Crippen LogP contribution in [0, 0.1) is 11.3 Å². The molecule has 0 saturated carbocycles. The summed E-state index contributed by atoms with van der Waals surface area (Å²) in [4.78, 5) is 0. The smallest absolute Gasteiger partial charge is 0.0992 e. The number of nitrogens with zero attached hydrogens (tertiary/aromatic N) is 1. The minimum Gasteiger partial charge on any atom is -0.379 e. The Hall–Kier alpha value is -1.01. The first-order chi connectivity index (χ1) is 6.98. The lowest BCUT2D eigenvalue weighted by Crippen LogP contribution is -2.29. The summed E-state index contributed by atoms with van der Waals surface area (Å²) in [6, 6.07) is 7.69. The molecule has 0 aliphatic heterocycles. The van der Waals surface area contributed by atoms with Crippen molar-refractivity contribution in [1.29, 1.82) is 5.26 Å². The molecular formula is C12H15BrN2. The van der Waals surface area contributed by atoms with Gasteiger partial charge in [-0.1, -0.05) is 6.92 Å². The van der Waals surface area contributed by atoms with E-state index < -0.39 is 0 Å². The molecule has 3 heteroatoms. The van der Waals surface area contributed by atoms with Crippen LogP contribution in [0.5, 0.6) is 0 Å². The van der Waals surface area contributed by atoms with Crippen molar-refractivity contribution in [3.05, 3.63) is 28.2 Å². The SMILES string of the molecule is CCC(C)(C)Nc1ccc(C#N)cc1Br. The fourth-order valence-electron chi connectivity index (χ4n) is 1.14. The zero-order valence-electron chi connectivity index (χ0n) is 9.26. The van der Waals surface area contributed by atoms with Crippen LogP contribution in [-0.4, -0.2) is 5.54 Å². The van der Waals surface area contributed by atoms with Crippen molar-refractivity contribution in [2.45, 2.75) is 32.7 Å². The van der Waals surface area contributed by atoms with Crippen LogP contribution in [0.3, 0.4) is 0 Å². The molecule has 1 aromatic carbocycles. The van der Waals surface area contributed by atoms with Crippen molar-refractivity contribution in [1.82, 2.24) is 0 Å². The molecule has 0 heterocycles. The molecule has 0 radical (unpaired) electrons. The molecule has 15 heavy (non-hydrogen) atoms. The first kappa shape index (κ1) is 12.1. The predicted octanol–water partition coefficient (Wildman–Crippen LogP) is 3.92. The Morgan fingerprint density at radius 2 is 2.13 bits per heavy atom. The van der Waals surface area contributed by atoms with Gasteiger partial charge in [-0.05, 0) is 54.4 Å². The number of hydrogen-bond acceptors (Lipinski definition) is 2. The highest BCUT2D eigenvalue weighted by atomic mass is 79.9. The highest BCUT2D eigenvalue weighted by Crippen LogP contribution is 2.27. The van der Waals surface area contributed by atoms with Gasteiger partial charge in [0.2, 0.25) is 0 Å². The fourth-order valence-corrected chi connectivity index (χ4v) is 1.62. The van der Waals surface area contributed by atoms with Crippen molar-refractivity contribution in [3.8, 4) is 6.07 Å². The molecule has 1 rings (SSSR count). The number of benzene rings is 1. The van der Waals surface area contributed by atoms with Crippen molar-refractivity contribution >= 4 is 21.6 Å². The van der Waals surface area contributed by atoms with Crippen LogP contribution < -0.4 is 5.32 Å². The molecule has 0 unspecified atom stereocenters. The molecular weight excluding hydrogens is 252 g/mol. The van der Waals surface area contributed by atoms with E-state index in [1.54, 1.807) is 0 Å². The van der Waals surface area contributed by atoms with E-state index in [9.17, 15) is 0 Å². The Kier molecular flexibility index (Phi) is 3.76. The number of halogens is 1. The third-order valence-corrected chi connectivity index (χ3v) is 3.11. The summed E-state index contributed by atoms with van der Waals surface area (Å²) in [7, 11) is 0. The van der Waals surface area contributed by atoms with Crippen molar-refractivity contribution in [3.63, 3.8) is 0 Å². The number of anilines is 1. The highest BCUT2D eigenvalue weighted by molar-refractivity contribution is 9.10. The normalized spacial score (nSPS) is 10.9. The van der Waals surface area contributed by atoms with E-state index in [4.69, 9.17) is 5.26 Å². The molecule has 2 nitrogen and oxygen atoms in total. The Bertz CT molecular complexity index is 391. The minimum absolute atomic E-state index is 0.0662. The molecule has 0 spiro atoms. The lowest BCUT2D eigenvalue weighted by atomic mass is 10.0. The zero-order valence-corrected chi connectivity index (χ0v) is 10.9. The van der Waals surface area contributed by atoms with Gasteiger partial charge in [-0.25, -0.2) is 0 Å². The van der Waals surface area contributed by atoms with Crippen LogP contribution >= 0.6 is 15.9 Å². The van der Waals surface area contributed by atoms with Crippen LogP contribution in [0.25, 0.3) is 0 Å². The lowest BCUT2D eigenvalue weighted by molar-refractivity contribution is 0.547. The van der Waals surface area contributed by atoms with Crippen molar-refractivity contribution in [2.24, 2.45) is 0 Å². The van der Waals surface area contributed by atoms with Gasteiger partial charge in [-0.3, -0.25) is 0 Å². The summed E-state index contributed by atoms with van der Waals surface area (Å²) in [6.07, 6.45) is 1.04.